The Morgan fingerprint density at radius 2 is 1.77 bits per heavy atom. The van der Waals surface area contributed by atoms with Crippen LogP contribution >= 0.6 is 0 Å². The van der Waals surface area contributed by atoms with Gasteiger partial charge in [-0.2, -0.15) is 0 Å². The van der Waals surface area contributed by atoms with E-state index in [0.29, 0.717) is 39.2 Å². The molecular formula is C24H19NO5. The van der Waals surface area contributed by atoms with Crippen molar-refractivity contribution in [3.05, 3.63) is 84.1 Å². The summed E-state index contributed by atoms with van der Waals surface area (Å²) >= 11 is 0. The number of pyridine rings is 1. The molecule has 0 bridgehead atoms. The molecule has 0 aliphatic heterocycles. The molecule has 150 valence electrons. The van der Waals surface area contributed by atoms with E-state index < -0.39 is 12.1 Å². The van der Waals surface area contributed by atoms with Crippen LogP contribution in [0.25, 0.3) is 22.4 Å². The van der Waals surface area contributed by atoms with Crippen LogP contribution < -0.4 is 4.74 Å². The van der Waals surface area contributed by atoms with Gasteiger partial charge in [0.15, 0.2) is 11.9 Å². The van der Waals surface area contributed by atoms with Crippen molar-refractivity contribution in [1.82, 2.24) is 4.98 Å². The second-order valence-corrected chi connectivity index (χ2v) is 6.69. The van der Waals surface area contributed by atoms with Gasteiger partial charge in [0.25, 0.3) is 0 Å². The van der Waals surface area contributed by atoms with Crippen LogP contribution in [0, 0.1) is 0 Å². The van der Waals surface area contributed by atoms with Crippen LogP contribution in [0.15, 0.2) is 77.4 Å². The molecule has 0 unspecified atom stereocenters. The standard InChI is InChI=1S/C24H19NO5/c1-15(23(26)16-9-11-17(28-2)12-10-16)30-24(27)19-14-21(22-8-5-13-29-22)25-20-7-4-3-6-18(19)20/h3-15H,1-2H3/t15-/m1/s1. The van der Waals surface area contributed by atoms with Crippen molar-refractivity contribution in [2.75, 3.05) is 7.11 Å². The van der Waals surface area contributed by atoms with Gasteiger partial charge in [-0.15, -0.1) is 0 Å². The van der Waals surface area contributed by atoms with Gasteiger partial charge in [-0.25, -0.2) is 9.78 Å². The number of aromatic nitrogens is 1. The van der Waals surface area contributed by atoms with Gasteiger partial charge in [-0.1, -0.05) is 18.2 Å². The number of ketones is 1. The summed E-state index contributed by atoms with van der Waals surface area (Å²) in [4.78, 5) is 30.2. The fourth-order valence-corrected chi connectivity index (χ4v) is 3.16. The number of Topliss-reactive ketones (excluding diaryl/α,β-unsaturated/α-hetero) is 1. The predicted octanol–water partition coefficient (Wildman–Crippen LogP) is 4.93. The molecule has 0 saturated carbocycles. The lowest BCUT2D eigenvalue weighted by Gasteiger charge is -2.14. The van der Waals surface area contributed by atoms with Gasteiger partial charge >= 0.3 is 5.97 Å². The average molecular weight is 401 g/mol. The summed E-state index contributed by atoms with van der Waals surface area (Å²) in [7, 11) is 1.55. The normalized spacial score (nSPS) is 11.8. The Morgan fingerprint density at radius 1 is 1.00 bits per heavy atom. The summed E-state index contributed by atoms with van der Waals surface area (Å²) in [6.45, 7) is 1.56. The zero-order valence-corrected chi connectivity index (χ0v) is 16.5. The average Bonchev–Trinajstić information content (AvgIpc) is 3.33. The number of para-hydroxylation sites is 1. The molecule has 0 spiro atoms. The zero-order chi connectivity index (χ0) is 21.1. The van der Waals surface area contributed by atoms with Crippen molar-refractivity contribution in [2.45, 2.75) is 13.0 Å². The molecule has 6 heteroatoms. The Hall–Kier alpha value is -3.93. The Kier molecular flexibility index (Phi) is 5.30. The summed E-state index contributed by atoms with van der Waals surface area (Å²) in [5.41, 5.74) is 1.90. The second kappa shape index (κ2) is 8.21. The van der Waals surface area contributed by atoms with E-state index in [1.165, 1.54) is 0 Å². The molecule has 2 aromatic heterocycles. The molecule has 0 N–H and O–H groups in total. The second-order valence-electron chi connectivity index (χ2n) is 6.69. The van der Waals surface area contributed by atoms with Crippen LogP contribution in [0.5, 0.6) is 5.75 Å². The number of fused-ring (bicyclic) bond motifs is 1. The van der Waals surface area contributed by atoms with Gasteiger partial charge in [-0.3, -0.25) is 4.79 Å². The summed E-state index contributed by atoms with van der Waals surface area (Å²) in [5.74, 6) is 0.286. The van der Waals surface area contributed by atoms with Gasteiger partial charge in [0.2, 0.25) is 5.78 Å². The number of rotatable bonds is 6. The lowest BCUT2D eigenvalue weighted by Crippen LogP contribution is -2.24. The number of hydrogen-bond donors (Lipinski definition) is 0. The third-order valence-corrected chi connectivity index (χ3v) is 4.74. The lowest BCUT2D eigenvalue weighted by atomic mass is 10.1. The van der Waals surface area contributed by atoms with Gasteiger partial charge in [-0.05, 0) is 55.5 Å². The van der Waals surface area contributed by atoms with E-state index in [1.807, 2.05) is 18.2 Å². The molecule has 0 saturated heterocycles. The first-order valence-electron chi connectivity index (χ1n) is 9.39. The Labute approximate surface area is 173 Å². The smallest absolute Gasteiger partial charge is 0.339 e. The van der Waals surface area contributed by atoms with Gasteiger partial charge in [0.1, 0.15) is 11.4 Å². The fourth-order valence-electron chi connectivity index (χ4n) is 3.16. The lowest BCUT2D eigenvalue weighted by molar-refractivity contribution is 0.0320. The van der Waals surface area contributed by atoms with Crippen LogP contribution in [0.2, 0.25) is 0 Å². The zero-order valence-electron chi connectivity index (χ0n) is 16.5. The Morgan fingerprint density at radius 3 is 2.47 bits per heavy atom. The molecule has 2 heterocycles. The molecule has 30 heavy (non-hydrogen) atoms. The maximum atomic E-state index is 13.0. The highest BCUT2D eigenvalue weighted by atomic mass is 16.5. The number of benzene rings is 2. The van der Waals surface area contributed by atoms with Crippen molar-refractivity contribution in [1.29, 1.82) is 0 Å². The number of ether oxygens (including phenoxy) is 2. The van der Waals surface area contributed by atoms with Crippen molar-refractivity contribution < 1.29 is 23.5 Å². The number of esters is 1. The van der Waals surface area contributed by atoms with Crippen LogP contribution in [0.4, 0.5) is 0 Å². The summed E-state index contributed by atoms with van der Waals surface area (Å²) in [5, 5.41) is 0.641. The first kappa shape index (κ1) is 19.4. The third kappa shape index (κ3) is 3.80. The van der Waals surface area contributed by atoms with Crippen molar-refractivity contribution in [3.63, 3.8) is 0 Å². The maximum Gasteiger partial charge on any atom is 0.339 e. The molecule has 0 aliphatic carbocycles. The van der Waals surface area contributed by atoms with E-state index in [1.54, 1.807) is 68.8 Å². The minimum absolute atomic E-state index is 0.296. The van der Waals surface area contributed by atoms with Crippen molar-refractivity contribution in [3.8, 4) is 17.2 Å². The highest BCUT2D eigenvalue weighted by Gasteiger charge is 2.23. The molecule has 0 fully saturated rings. The summed E-state index contributed by atoms with van der Waals surface area (Å²) in [6, 6.07) is 19.1. The minimum Gasteiger partial charge on any atom is -0.497 e. The van der Waals surface area contributed by atoms with Crippen molar-refractivity contribution >= 4 is 22.7 Å². The molecule has 4 aromatic rings. The molecule has 0 radical (unpaired) electrons. The van der Waals surface area contributed by atoms with E-state index in [0.717, 1.165) is 0 Å². The Balaban J connectivity index is 1.63. The number of furan rings is 1. The maximum absolute atomic E-state index is 13.0. The number of carbonyl (C=O) groups is 2. The first-order valence-corrected chi connectivity index (χ1v) is 9.39. The number of methoxy groups -OCH3 is 1. The predicted molar refractivity (Wildman–Crippen MR) is 112 cm³/mol. The van der Waals surface area contributed by atoms with Gasteiger partial charge in [0, 0.05) is 10.9 Å². The van der Waals surface area contributed by atoms with E-state index in [2.05, 4.69) is 4.98 Å². The highest BCUT2D eigenvalue weighted by Crippen LogP contribution is 2.26. The molecule has 0 amide bonds. The third-order valence-electron chi connectivity index (χ3n) is 4.74. The Bertz CT molecular complexity index is 1200. The van der Waals surface area contributed by atoms with E-state index in [-0.39, 0.29) is 5.78 Å². The fraction of sp³-hybridized carbons (Fsp3) is 0.125. The minimum atomic E-state index is -0.954. The molecule has 0 aliphatic rings. The first-order chi connectivity index (χ1) is 14.6. The summed E-state index contributed by atoms with van der Waals surface area (Å²) in [6.07, 6.45) is 0.588. The monoisotopic (exact) mass is 401 g/mol. The molecule has 1 atom stereocenters. The SMILES string of the molecule is COc1ccc(C(=O)[C@@H](C)OC(=O)c2cc(-c3ccco3)nc3ccccc23)cc1. The van der Waals surface area contributed by atoms with E-state index >= 15 is 0 Å². The molecule has 6 nitrogen and oxygen atoms in total. The molecule has 4 rings (SSSR count). The van der Waals surface area contributed by atoms with Gasteiger partial charge in [0.05, 0.1) is 24.5 Å². The molecular weight excluding hydrogens is 382 g/mol. The van der Waals surface area contributed by atoms with Crippen LogP contribution in [0.1, 0.15) is 27.6 Å². The van der Waals surface area contributed by atoms with E-state index in [4.69, 9.17) is 13.9 Å². The summed E-state index contributed by atoms with van der Waals surface area (Å²) < 4.78 is 16.0. The van der Waals surface area contributed by atoms with Crippen LogP contribution in [-0.4, -0.2) is 30.0 Å². The topological polar surface area (TPSA) is 78.6 Å². The number of nitrogens with zero attached hydrogens (tertiary/aromatic N) is 1. The van der Waals surface area contributed by atoms with Crippen molar-refractivity contribution in [2.24, 2.45) is 0 Å². The largest absolute Gasteiger partial charge is 0.497 e. The van der Waals surface area contributed by atoms with Crippen LogP contribution in [0.3, 0.4) is 0 Å². The number of hydrogen-bond acceptors (Lipinski definition) is 6. The van der Waals surface area contributed by atoms with E-state index in [9.17, 15) is 9.59 Å². The molecule has 2 aromatic carbocycles. The quantitative estimate of drug-likeness (QED) is 0.337. The van der Waals surface area contributed by atoms with Gasteiger partial charge < -0.3 is 13.9 Å². The highest BCUT2D eigenvalue weighted by molar-refractivity contribution is 6.06. The van der Waals surface area contributed by atoms with Crippen LogP contribution in [-0.2, 0) is 4.74 Å². The number of carbonyl (C=O) groups excluding carboxylic acids is 2.